The molecule has 170 valence electrons. The normalized spacial score (nSPS) is 15.0. The Morgan fingerprint density at radius 1 is 1.21 bits per heavy atom. The van der Waals surface area contributed by atoms with Crippen molar-refractivity contribution in [3.63, 3.8) is 0 Å². The van der Waals surface area contributed by atoms with Crippen LogP contribution in [0.25, 0.3) is 10.9 Å². The number of anilines is 4. The van der Waals surface area contributed by atoms with Crippen LogP contribution in [-0.2, 0) is 16.6 Å². The molecule has 0 aliphatic carbocycles. The SMILES string of the molecule is CCN(c1nc(Nc2ccc3c(c2)S(=O)(=O)N(CC)C3)ncc1F)c1cccc2[nH]ncc12. The fourth-order valence-electron chi connectivity index (χ4n) is 4.06. The highest BCUT2D eigenvalue weighted by Crippen LogP contribution is 2.34. The molecule has 2 aromatic carbocycles. The molecule has 0 atom stereocenters. The molecule has 4 aromatic rings. The van der Waals surface area contributed by atoms with Crippen molar-refractivity contribution in [2.45, 2.75) is 25.3 Å². The molecule has 0 saturated carbocycles. The maximum atomic E-state index is 14.8. The number of aromatic amines is 1. The summed E-state index contributed by atoms with van der Waals surface area (Å²) in [5.74, 6) is -0.306. The second-order valence-corrected chi connectivity index (χ2v) is 9.50. The molecular weight excluding hydrogens is 445 g/mol. The fraction of sp³-hybridized carbons (Fsp3) is 0.227. The number of hydrogen-bond acceptors (Lipinski definition) is 7. The standard InChI is InChI=1S/C22H22FN7O2S/c1-3-29-13-14-8-9-15(10-20(14)33(29,31)32)26-22-24-12-17(23)21(27-22)30(4-2)19-7-5-6-18-16(19)11-25-28-18/h5-12H,3-4,13H2,1-2H3,(H,25,28)(H,24,26,27). The first-order valence-corrected chi connectivity index (χ1v) is 12.0. The Kier molecular flexibility index (Phi) is 5.22. The highest BCUT2D eigenvalue weighted by Gasteiger charge is 2.33. The molecule has 9 nitrogen and oxygen atoms in total. The Hall–Kier alpha value is -3.57. The van der Waals surface area contributed by atoms with Gasteiger partial charge in [-0.05, 0) is 36.8 Å². The van der Waals surface area contributed by atoms with Crippen molar-refractivity contribution in [2.24, 2.45) is 0 Å². The number of aromatic nitrogens is 4. The number of halogens is 1. The Morgan fingerprint density at radius 3 is 2.85 bits per heavy atom. The summed E-state index contributed by atoms with van der Waals surface area (Å²) in [4.78, 5) is 10.5. The summed E-state index contributed by atoms with van der Waals surface area (Å²) in [6.45, 7) is 4.93. The van der Waals surface area contributed by atoms with Crippen molar-refractivity contribution in [1.29, 1.82) is 0 Å². The first-order chi connectivity index (χ1) is 15.9. The molecule has 2 aromatic heterocycles. The van der Waals surface area contributed by atoms with Crippen molar-refractivity contribution in [3.05, 3.63) is 60.2 Å². The summed E-state index contributed by atoms with van der Waals surface area (Å²) >= 11 is 0. The lowest BCUT2D eigenvalue weighted by Crippen LogP contribution is -2.23. The van der Waals surface area contributed by atoms with Gasteiger partial charge in [-0.2, -0.15) is 14.4 Å². The lowest BCUT2D eigenvalue weighted by Gasteiger charge is -2.23. The van der Waals surface area contributed by atoms with Gasteiger partial charge in [-0.25, -0.2) is 17.8 Å². The quantitative estimate of drug-likeness (QED) is 0.443. The van der Waals surface area contributed by atoms with Gasteiger partial charge in [0.25, 0.3) is 0 Å². The van der Waals surface area contributed by atoms with E-state index < -0.39 is 15.8 Å². The average molecular weight is 468 g/mol. The van der Waals surface area contributed by atoms with Crippen LogP contribution in [0.3, 0.4) is 0 Å². The molecule has 11 heteroatoms. The molecule has 2 N–H and O–H groups in total. The zero-order valence-electron chi connectivity index (χ0n) is 18.1. The van der Waals surface area contributed by atoms with Gasteiger partial charge in [0.15, 0.2) is 11.6 Å². The number of rotatable bonds is 6. The van der Waals surface area contributed by atoms with Crippen LogP contribution in [0.15, 0.2) is 53.7 Å². The monoisotopic (exact) mass is 467 g/mol. The molecule has 0 fully saturated rings. The van der Waals surface area contributed by atoms with E-state index in [1.54, 1.807) is 36.2 Å². The van der Waals surface area contributed by atoms with Crippen LogP contribution < -0.4 is 10.2 Å². The van der Waals surface area contributed by atoms with Crippen molar-refractivity contribution in [3.8, 4) is 0 Å². The molecule has 0 radical (unpaired) electrons. The van der Waals surface area contributed by atoms with Gasteiger partial charge in [-0.3, -0.25) is 5.10 Å². The van der Waals surface area contributed by atoms with Gasteiger partial charge in [0.05, 0.1) is 28.5 Å². The van der Waals surface area contributed by atoms with E-state index in [9.17, 15) is 12.8 Å². The van der Waals surface area contributed by atoms with E-state index in [2.05, 4.69) is 25.5 Å². The number of nitrogens with one attached hydrogen (secondary N) is 2. The van der Waals surface area contributed by atoms with Crippen LogP contribution in [0.5, 0.6) is 0 Å². The van der Waals surface area contributed by atoms with E-state index in [-0.39, 0.29) is 16.7 Å². The topological polar surface area (TPSA) is 107 Å². The van der Waals surface area contributed by atoms with Gasteiger partial charge < -0.3 is 10.2 Å². The maximum absolute atomic E-state index is 14.8. The third kappa shape index (κ3) is 3.58. The van der Waals surface area contributed by atoms with Gasteiger partial charge in [0.2, 0.25) is 16.0 Å². The van der Waals surface area contributed by atoms with Crippen molar-refractivity contribution in [1.82, 2.24) is 24.5 Å². The van der Waals surface area contributed by atoms with E-state index >= 15 is 0 Å². The Morgan fingerprint density at radius 2 is 2.06 bits per heavy atom. The largest absolute Gasteiger partial charge is 0.324 e. The highest BCUT2D eigenvalue weighted by molar-refractivity contribution is 7.89. The predicted octanol–water partition coefficient (Wildman–Crippen LogP) is 3.92. The molecule has 0 amide bonds. The first-order valence-electron chi connectivity index (χ1n) is 10.5. The van der Waals surface area contributed by atoms with Crippen molar-refractivity contribution in [2.75, 3.05) is 23.3 Å². The second kappa shape index (κ2) is 8.09. The van der Waals surface area contributed by atoms with Crippen LogP contribution in [0.1, 0.15) is 19.4 Å². The van der Waals surface area contributed by atoms with Crippen LogP contribution in [0.2, 0.25) is 0 Å². The lowest BCUT2D eigenvalue weighted by atomic mass is 10.2. The van der Waals surface area contributed by atoms with E-state index in [1.165, 1.54) is 4.31 Å². The van der Waals surface area contributed by atoms with Gasteiger partial charge in [0.1, 0.15) is 0 Å². The molecule has 5 rings (SSSR count). The highest BCUT2D eigenvalue weighted by atomic mass is 32.2. The Labute approximate surface area is 190 Å². The molecule has 0 unspecified atom stereocenters. The molecule has 1 aliphatic rings. The smallest absolute Gasteiger partial charge is 0.243 e. The number of H-pyrrole nitrogens is 1. The Balaban J connectivity index is 1.50. The molecule has 0 spiro atoms. The fourth-order valence-corrected chi connectivity index (χ4v) is 5.72. The summed E-state index contributed by atoms with van der Waals surface area (Å²) in [7, 11) is -3.52. The molecule has 1 aliphatic heterocycles. The maximum Gasteiger partial charge on any atom is 0.243 e. The molecule has 0 saturated heterocycles. The predicted molar refractivity (Wildman–Crippen MR) is 124 cm³/mol. The van der Waals surface area contributed by atoms with Gasteiger partial charge >= 0.3 is 0 Å². The van der Waals surface area contributed by atoms with Gasteiger partial charge in [-0.15, -0.1) is 0 Å². The third-order valence-electron chi connectivity index (χ3n) is 5.69. The van der Waals surface area contributed by atoms with Crippen molar-refractivity contribution >= 4 is 44.1 Å². The number of benzene rings is 2. The summed E-state index contributed by atoms with van der Waals surface area (Å²) in [5, 5.41) is 10.9. The van der Waals surface area contributed by atoms with Gasteiger partial charge in [0, 0.05) is 30.7 Å². The lowest BCUT2D eigenvalue weighted by molar-refractivity contribution is 0.443. The minimum atomic E-state index is -3.52. The Bertz CT molecular complexity index is 1450. The summed E-state index contributed by atoms with van der Waals surface area (Å²) in [6.07, 6.45) is 2.79. The van der Waals surface area contributed by atoms with Crippen LogP contribution >= 0.6 is 0 Å². The first kappa shape index (κ1) is 21.3. The number of sulfonamides is 1. The number of fused-ring (bicyclic) bond motifs is 2. The molecular formula is C22H22FN7O2S. The van der Waals surface area contributed by atoms with E-state index in [0.717, 1.165) is 28.4 Å². The van der Waals surface area contributed by atoms with Crippen molar-refractivity contribution < 1.29 is 12.8 Å². The average Bonchev–Trinajstić information content (AvgIpc) is 3.39. The van der Waals surface area contributed by atoms with Crippen LogP contribution in [0.4, 0.5) is 27.5 Å². The molecule has 3 heterocycles. The van der Waals surface area contributed by atoms with Crippen LogP contribution in [-0.4, -0.2) is 46.0 Å². The van der Waals surface area contributed by atoms with Gasteiger partial charge in [-0.1, -0.05) is 19.1 Å². The summed E-state index contributed by atoms with van der Waals surface area (Å²) in [5.41, 5.74) is 2.84. The van der Waals surface area contributed by atoms with E-state index in [4.69, 9.17) is 0 Å². The zero-order chi connectivity index (χ0) is 23.2. The third-order valence-corrected chi connectivity index (χ3v) is 7.69. The number of nitrogens with zero attached hydrogens (tertiary/aromatic N) is 5. The van der Waals surface area contributed by atoms with Crippen LogP contribution in [0, 0.1) is 5.82 Å². The molecule has 33 heavy (non-hydrogen) atoms. The van der Waals surface area contributed by atoms with E-state index in [1.807, 2.05) is 25.1 Å². The number of hydrogen-bond donors (Lipinski definition) is 2. The molecule has 0 bridgehead atoms. The summed E-state index contributed by atoms with van der Waals surface area (Å²) < 4.78 is 41.6. The van der Waals surface area contributed by atoms with E-state index in [0.29, 0.717) is 25.3 Å². The minimum absolute atomic E-state index is 0.106. The summed E-state index contributed by atoms with van der Waals surface area (Å²) in [6, 6.07) is 10.7. The second-order valence-electron chi connectivity index (χ2n) is 7.60. The minimum Gasteiger partial charge on any atom is -0.324 e. The zero-order valence-corrected chi connectivity index (χ0v) is 18.9.